The van der Waals surface area contributed by atoms with Gasteiger partial charge in [-0.2, -0.15) is 0 Å². The minimum atomic E-state index is -3.57. The molecule has 1 aliphatic rings. The van der Waals surface area contributed by atoms with Crippen LogP contribution in [0.1, 0.15) is 18.4 Å². The third kappa shape index (κ3) is 4.58. The monoisotopic (exact) mass is 392 g/mol. The summed E-state index contributed by atoms with van der Waals surface area (Å²) >= 11 is 0. The number of nitrogens with one attached hydrogen (secondary N) is 1. The highest BCUT2D eigenvalue weighted by molar-refractivity contribution is 7.89. The van der Waals surface area contributed by atoms with Crippen LogP contribution in [-0.2, 0) is 23.2 Å². The number of nitrogens with zero attached hydrogens (tertiary/aromatic N) is 2. The van der Waals surface area contributed by atoms with Gasteiger partial charge >= 0.3 is 0 Å². The van der Waals surface area contributed by atoms with Crippen LogP contribution in [-0.4, -0.2) is 44.5 Å². The lowest BCUT2D eigenvalue weighted by Crippen LogP contribution is -3.11. The topological polar surface area (TPSA) is 73.1 Å². The summed E-state index contributed by atoms with van der Waals surface area (Å²) < 4.78 is 32.6. The number of pyridine rings is 1. The van der Waals surface area contributed by atoms with Gasteiger partial charge in [0.15, 0.2) is 6.67 Å². The van der Waals surface area contributed by atoms with Gasteiger partial charge in [-0.15, -0.1) is 0 Å². The minimum Gasteiger partial charge on any atom is -0.497 e. The van der Waals surface area contributed by atoms with Crippen LogP contribution in [0.5, 0.6) is 5.75 Å². The fourth-order valence-electron chi connectivity index (χ4n) is 3.04. The highest BCUT2D eigenvalue weighted by Crippen LogP contribution is 2.17. The van der Waals surface area contributed by atoms with Crippen molar-refractivity contribution in [3.63, 3.8) is 0 Å². The number of sulfonamides is 1. The lowest BCUT2D eigenvalue weighted by atomic mass is 10.2. The van der Waals surface area contributed by atoms with Crippen molar-refractivity contribution in [2.24, 2.45) is 0 Å². The second kappa shape index (κ2) is 7.84. The molecule has 0 spiro atoms. The lowest BCUT2D eigenvalue weighted by Gasteiger charge is -2.21. The number of hydrogen-bond donors (Lipinski definition) is 1. The summed E-state index contributed by atoms with van der Waals surface area (Å²) in [6.45, 7) is 1.21. The van der Waals surface area contributed by atoms with E-state index in [2.05, 4.69) is 0 Å². The first kappa shape index (κ1) is 19.6. The molecule has 1 atom stereocenters. The molecule has 1 aliphatic carbocycles. The predicted molar refractivity (Wildman–Crippen MR) is 102 cm³/mol. The maximum absolute atomic E-state index is 12.4. The molecule has 0 amide bonds. The minimum absolute atomic E-state index is 0.131. The van der Waals surface area contributed by atoms with E-state index in [4.69, 9.17) is 4.74 Å². The van der Waals surface area contributed by atoms with Crippen molar-refractivity contribution in [3.8, 4) is 5.75 Å². The summed E-state index contributed by atoms with van der Waals surface area (Å²) in [5.74, 6) is 0.810. The summed E-state index contributed by atoms with van der Waals surface area (Å²) in [4.78, 5) is 13.7. The van der Waals surface area contributed by atoms with Crippen molar-refractivity contribution in [1.82, 2.24) is 8.87 Å². The predicted octanol–water partition coefficient (Wildman–Crippen LogP) is 0.312. The Morgan fingerprint density at radius 2 is 1.81 bits per heavy atom. The Kier molecular flexibility index (Phi) is 5.69. The standard InChI is InChI=1S/C19H25N3O4S/c1-20(2)27(24,25)18-10-11-19(23)22(13-18)14-21(16-6-7-16)12-15-4-8-17(26-3)9-5-15/h4-5,8-11,13,16H,6-7,12,14H2,1-3H3/p+1. The molecule has 8 heteroatoms. The second-order valence-corrected chi connectivity index (χ2v) is 9.23. The highest BCUT2D eigenvalue weighted by atomic mass is 32.2. The first-order chi connectivity index (χ1) is 12.8. The van der Waals surface area contributed by atoms with E-state index in [1.54, 1.807) is 7.11 Å². The number of quaternary nitrogens is 1. The Morgan fingerprint density at radius 1 is 1.15 bits per heavy atom. The first-order valence-corrected chi connectivity index (χ1v) is 10.4. The van der Waals surface area contributed by atoms with E-state index < -0.39 is 10.0 Å². The highest BCUT2D eigenvalue weighted by Gasteiger charge is 2.33. The largest absolute Gasteiger partial charge is 0.497 e. The molecule has 7 nitrogen and oxygen atoms in total. The number of benzene rings is 1. The van der Waals surface area contributed by atoms with Crippen LogP contribution in [0.25, 0.3) is 0 Å². The zero-order valence-corrected chi connectivity index (χ0v) is 16.7. The average molecular weight is 393 g/mol. The van der Waals surface area contributed by atoms with Crippen LogP contribution < -0.4 is 15.2 Å². The van der Waals surface area contributed by atoms with Gasteiger partial charge in [0.1, 0.15) is 12.3 Å². The van der Waals surface area contributed by atoms with Crippen molar-refractivity contribution in [2.45, 2.75) is 37.0 Å². The zero-order chi connectivity index (χ0) is 19.6. The summed E-state index contributed by atoms with van der Waals surface area (Å²) in [6, 6.07) is 11.1. The molecule has 1 unspecified atom stereocenters. The first-order valence-electron chi connectivity index (χ1n) is 8.92. The third-order valence-electron chi connectivity index (χ3n) is 4.85. The van der Waals surface area contributed by atoms with E-state index in [0.717, 1.165) is 35.0 Å². The molecule has 0 aliphatic heterocycles. The Labute approximate surface area is 159 Å². The Bertz CT molecular complexity index is 948. The normalized spacial score (nSPS) is 15.7. The van der Waals surface area contributed by atoms with Crippen molar-refractivity contribution >= 4 is 10.0 Å². The van der Waals surface area contributed by atoms with Crippen LogP contribution in [0.4, 0.5) is 0 Å². The SMILES string of the molecule is COc1ccc(C[NH+](Cn2cc(S(=O)(=O)N(C)C)ccc2=O)C2CC2)cc1. The van der Waals surface area contributed by atoms with Crippen LogP contribution in [0.15, 0.2) is 52.3 Å². The van der Waals surface area contributed by atoms with Gasteiger partial charge in [0, 0.05) is 44.8 Å². The molecule has 1 heterocycles. The molecule has 1 fully saturated rings. The Morgan fingerprint density at radius 3 is 2.37 bits per heavy atom. The molecule has 1 N–H and O–H groups in total. The molecule has 1 aromatic heterocycles. The van der Waals surface area contributed by atoms with Crippen LogP contribution in [0.2, 0.25) is 0 Å². The van der Waals surface area contributed by atoms with E-state index in [9.17, 15) is 13.2 Å². The van der Waals surface area contributed by atoms with Crippen LogP contribution >= 0.6 is 0 Å². The molecule has 0 saturated heterocycles. The molecular weight excluding hydrogens is 366 g/mol. The fraction of sp³-hybridized carbons (Fsp3) is 0.421. The van der Waals surface area contributed by atoms with Crippen LogP contribution in [0, 0.1) is 0 Å². The van der Waals surface area contributed by atoms with Crippen molar-refractivity contribution < 1.29 is 18.1 Å². The Hall–Kier alpha value is -2.16. The molecule has 2 aromatic rings. The maximum Gasteiger partial charge on any atom is 0.254 e. The second-order valence-electron chi connectivity index (χ2n) is 7.08. The summed E-state index contributed by atoms with van der Waals surface area (Å²) in [6.07, 6.45) is 3.69. The number of ether oxygens (including phenoxy) is 1. The van der Waals surface area contributed by atoms with Crippen molar-refractivity contribution in [2.75, 3.05) is 21.2 Å². The van der Waals surface area contributed by atoms with Gasteiger partial charge in [0.25, 0.3) is 5.56 Å². The van der Waals surface area contributed by atoms with Gasteiger partial charge in [0.2, 0.25) is 10.0 Å². The zero-order valence-electron chi connectivity index (χ0n) is 15.9. The average Bonchev–Trinajstić information content (AvgIpc) is 3.48. The van der Waals surface area contributed by atoms with E-state index in [1.807, 2.05) is 24.3 Å². The van der Waals surface area contributed by atoms with E-state index in [-0.39, 0.29) is 10.5 Å². The van der Waals surface area contributed by atoms with Gasteiger partial charge in [-0.25, -0.2) is 12.7 Å². The third-order valence-corrected chi connectivity index (χ3v) is 6.65. The molecule has 146 valence electrons. The van der Waals surface area contributed by atoms with E-state index >= 15 is 0 Å². The molecule has 0 bridgehead atoms. The summed E-state index contributed by atoms with van der Waals surface area (Å²) in [7, 11) is 1.03. The van der Waals surface area contributed by atoms with E-state index in [0.29, 0.717) is 12.7 Å². The molecule has 1 saturated carbocycles. The lowest BCUT2D eigenvalue weighted by molar-refractivity contribution is -0.947. The summed E-state index contributed by atoms with van der Waals surface area (Å²) in [5.41, 5.74) is 0.961. The molecule has 3 rings (SSSR count). The van der Waals surface area contributed by atoms with E-state index in [1.165, 1.54) is 41.9 Å². The van der Waals surface area contributed by atoms with Crippen molar-refractivity contribution in [1.29, 1.82) is 0 Å². The number of hydrogen-bond acceptors (Lipinski definition) is 4. The van der Waals surface area contributed by atoms with Crippen LogP contribution in [0.3, 0.4) is 0 Å². The number of methoxy groups -OCH3 is 1. The van der Waals surface area contributed by atoms with Gasteiger partial charge in [-0.3, -0.25) is 9.36 Å². The molecular formula is C19H26N3O4S+. The van der Waals surface area contributed by atoms with Gasteiger partial charge < -0.3 is 9.64 Å². The van der Waals surface area contributed by atoms with Gasteiger partial charge in [-0.05, 0) is 30.3 Å². The van der Waals surface area contributed by atoms with Gasteiger partial charge in [0.05, 0.1) is 18.0 Å². The molecule has 1 aromatic carbocycles. The Balaban J connectivity index is 1.83. The quantitative estimate of drug-likeness (QED) is 0.702. The van der Waals surface area contributed by atoms with Gasteiger partial charge in [-0.1, -0.05) is 0 Å². The number of aromatic nitrogens is 1. The fourth-order valence-corrected chi connectivity index (χ4v) is 3.96. The van der Waals surface area contributed by atoms with Crippen molar-refractivity contribution in [3.05, 3.63) is 58.5 Å². The maximum atomic E-state index is 12.4. The molecule has 27 heavy (non-hydrogen) atoms. The number of rotatable bonds is 8. The smallest absolute Gasteiger partial charge is 0.254 e. The summed E-state index contributed by atoms with van der Waals surface area (Å²) in [5, 5.41) is 0. The molecule has 0 radical (unpaired) electrons.